The fourth-order valence-electron chi connectivity index (χ4n) is 7.76. The summed E-state index contributed by atoms with van der Waals surface area (Å²) in [5, 5.41) is 10.1. The maximum absolute atomic E-state index is 12.3. The Kier molecular flexibility index (Phi) is 4.02. The Bertz CT molecular complexity index is 517. The summed E-state index contributed by atoms with van der Waals surface area (Å²) in [4.78, 5) is 12.3. The van der Waals surface area contributed by atoms with E-state index in [1.807, 2.05) is 0 Å². The smallest absolute Gasteiger partial charge is 0.309 e. The Morgan fingerprint density at radius 1 is 0.958 bits per heavy atom. The van der Waals surface area contributed by atoms with Crippen LogP contribution >= 0.6 is 0 Å². The molecule has 0 unspecified atom stereocenters. The van der Waals surface area contributed by atoms with E-state index in [-0.39, 0.29) is 23.4 Å². The summed E-state index contributed by atoms with van der Waals surface area (Å²) < 4.78 is 5.14. The second-order valence-electron chi connectivity index (χ2n) is 9.78. The van der Waals surface area contributed by atoms with Gasteiger partial charge in [0.05, 0.1) is 19.1 Å². The van der Waals surface area contributed by atoms with E-state index in [4.69, 9.17) is 4.74 Å². The Hall–Kier alpha value is -0.570. The molecular weight excluding hydrogens is 300 g/mol. The number of carbonyl (C=O) groups is 1. The van der Waals surface area contributed by atoms with Crippen molar-refractivity contribution < 1.29 is 14.6 Å². The first kappa shape index (κ1) is 16.9. The minimum Gasteiger partial charge on any atom is -0.469 e. The number of hydrogen-bond donors (Lipinski definition) is 1. The quantitative estimate of drug-likeness (QED) is 0.732. The van der Waals surface area contributed by atoms with Crippen molar-refractivity contribution in [2.75, 3.05) is 7.11 Å². The van der Waals surface area contributed by atoms with Crippen LogP contribution in [0, 0.1) is 40.4 Å². The number of fused-ring (bicyclic) bond motifs is 5. The van der Waals surface area contributed by atoms with Crippen LogP contribution in [0.5, 0.6) is 0 Å². The lowest BCUT2D eigenvalue weighted by Gasteiger charge is -2.60. The normalized spacial score (nSPS) is 53.7. The highest BCUT2D eigenvalue weighted by Gasteiger charge is 2.61. The number of carbonyl (C=O) groups excluding carboxylic acids is 1. The van der Waals surface area contributed by atoms with Crippen molar-refractivity contribution in [3.8, 4) is 0 Å². The molecule has 4 fully saturated rings. The molecule has 0 spiro atoms. The van der Waals surface area contributed by atoms with Crippen LogP contribution in [0.1, 0.15) is 71.6 Å². The molecular formula is C21H34O3. The van der Waals surface area contributed by atoms with Crippen LogP contribution in [0.25, 0.3) is 0 Å². The van der Waals surface area contributed by atoms with E-state index < -0.39 is 0 Å². The molecule has 4 rings (SSSR count). The van der Waals surface area contributed by atoms with Crippen LogP contribution in [0.15, 0.2) is 0 Å². The van der Waals surface area contributed by atoms with Gasteiger partial charge in [-0.3, -0.25) is 4.79 Å². The summed E-state index contributed by atoms with van der Waals surface area (Å²) in [6.45, 7) is 4.90. The van der Waals surface area contributed by atoms with Gasteiger partial charge in [0.15, 0.2) is 0 Å². The zero-order valence-corrected chi connectivity index (χ0v) is 15.6. The molecule has 0 aromatic carbocycles. The molecule has 0 heterocycles. The molecule has 3 nitrogen and oxygen atoms in total. The molecule has 8 atom stereocenters. The van der Waals surface area contributed by atoms with Gasteiger partial charge in [-0.2, -0.15) is 0 Å². The molecule has 24 heavy (non-hydrogen) atoms. The lowest BCUT2D eigenvalue weighted by atomic mass is 9.44. The number of aliphatic hydroxyl groups is 1. The predicted octanol–water partition coefficient (Wildman–Crippen LogP) is 4.18. The molecule has 0 aromatic rings. The first-order chi connectivity index (χ1) is 11.4. The molecule has 4 aliphatic carbocycles. The van der Waals surface area contributed by atoms with Gasteiger partial charge in [-0.1, -0.05) is 13.8 Å². The van der Waals surface area contributed by atoms with Crippen molar-refractivity contribution in [1.29, 1.82) is 0 Å². The number of esters is 1. The summed E-state index contributed by atoms with van der Waals surface area (Å²) >= 11 is 0. The zero-order chi connectivity index (χ0) is 17.1. The molecule has 0 aromatic heterocycles. The van der Waals surface area contributed by atoms with Gasteiger partial charge in [-0.25, -0.2) is 0 Å². The Balaban J connectivity index is 1.60. The fraction of sp³-hybridized carbons (Fsp3) is 0.952. The second kappa shape index (κ2) is 5.72. The van der Waals surface area contributed by atoms with E-state index in [1.54, 1.807) is 7.11 Å². The molecule has 0 radical (unpaired) electrons. The molecule has 0 bridgehead atoms. The summed E-state index contributed by atoms with van der Waals surface area (Å²) in [5.41, 5.74) is 0.582. The first-order valence-corrected chi connectivity index (χ1v) is 10.2. The second-order valence-corrected chi connectivity index (χ2v) is 9.78. The van der Waals surface area contributed by atoms with Gasteiger partial charge in [0.2, 0.25) is 0 Å². The van der Waals surface area contributed by atoms with Crippen molar-refractivity contribution in [2.45, 2.75) is 77.7 Å². The fourth-order valence-corrected chi connectivity index (χ4v) is 7.76. The molecule has 136 valence electrons. The third-order valence-electron chi connectivity index (χ3n) is 9.12. The summed E-state index contributed by atoms with van der Waals surface area (Å²) in [7, 11) is 1.55. The summed E-state index contributed by atoms with van der Waals surface area (Å²) in [6.07, 6.45) is 10.4. The molecule has 4 saturated carbocycles. The van der Waals surface area contributed by atoms with E-state index in [0.29, 0.717) is 17.3 Å². The van der Waals surface area contributed by atoms with E-state index in [2.05, 4.69) is 13.8 Å². The van der Waals surface area contributed by atoms with Crippen LogP contribution in [0.3, 0.4) is 0 Å². The zero-order valence-electron chi connectivity index (χ0n) is 15.6. The minimum atomic E-state index is -0.0660. The van der Waals surface area contributed by atoms with Crippen molar-refractivity contribution in [3.63, 3.8) is 0 Å². The van der Waals surface area contributed by atoms with Crippen molar-refractivity contribution in [3.05, 3.63) is 0 Å². The van der Waals surface area contributed by atoms with Crippen LogP contribution in [0.4, 0.5) is 0 Å². The standard InChI is InChI=1S/C21H34O3/c1-20-10-8-14(22)12-13(20)4-5-15-16-6-7-18(19(23)24-3)21(16,2)11-9-17(15)20/h13-18,22H,4-12H2,1-3H3/t13-,14+,15-,16+,17+,18-,20-,21-/m0/s1. The molecule has 4 aliphatic rings. The largest absolute Gasteiger partial charge is 0.469 e. The lowest BCUT2D eigenvalue weighted by Crippen LogP contribution is -2.54. The van der Waals surface area contributed by atoms with Gasteiger partial charge >= 0.3 is 5.97 Å². The van der Waals surface area contributed by atoms with Crippen LogP contribution in [0.2, 0.25) is 0 Å². The number of ether oxygens (including phenoxy) is 1. The molecule has 0 saturated heterocycles. The lowest BCUT2D eigenvalue weighted by molar-refractivity contribution is -0.157. The maximum Gasteiger partial charge on any atom is 0.309 e. The number of aliphatic hydroxyl groups excluding tert-OH is 1. The minimum absolute atomic E-state index is 0.0270. The summed E-state index contributed by atoms with van der Waals surface area (Å²) in [5.74, 6) is 3.15. The van der Waals surface area contributed by atoms with E-state index in [9.17, 15) is 9.90 Å². The SMILES string of the molecule is COC(=O)[C@@H]1CC[C@@H]2[C@@H]3CC[C@H]4C[C@H](O)CC[C@]4(C)[C@@H]3CC[C@@]21C. The van der Waals surface area contributed by atoms with E-state index in [0.717, 1.165) is 31.1 Å². The van der Waals surface area contributed by atoms with E-state index in [1.165, 1.54) is 38.5 Å². The molecule has 0 amide bonds. The Labute approximate surface area is 146 Å². The van der Waals surface area contributed by atoms with Gasteiger partial charge in [0, 0.05) is 0 Å². The Morgan fingerprint density at radius 2 is 1.67 bits per heavy atom. The third-order valence-corrected chi connectivity index (χ3v) is 9.12. The average Bonchev–Trinajstić information content (AvgIpc) is 2.92. The highest BCUT2D eigenvalue weighted by atomic mass is 16.5. The van der Waals surface area contributed by atoms with Crippen molar-refractivity contribution in [1.82, 2.24) is 0 Å². The van der Waals surface area contributed by atoms with Crippen LogP contribution < -0.4 is 0 Å². The van der Waals surface area contributed by atoms with Gasteiger partial charge in [0.25, 0.3) is 0 Å². The van der Waals surface area contributed by atoms with Gasteiger partial charge < -0.3 is 9.84 Å². The number of rotatable bonds is 1. The highest BCUT2D eigenvalue weighted by molar-refractivity contribution is 5.73. The molecule has 1 N–H and O–H groups in total. The predicted molar refractivity (Wildman–Crippen MR) is 93.2 cm³/mol. The Morgan fingerprint density at radius 3 is 2.42 bits per heavy atom. The summed E-state index contributed by atoms with van der Waals surface area (Å²) in [6, 6.07) is 0. The van der Waals surface area contributed by atoms with Gasteiger partial charge in [-0.15, -0.1) is 0 Å². The van der Waals surface area contributed by atoms with Crippen LogP contribution in [-0.2, 0) is 9.53 Å². The van der Waals surface area contributed by atoms with E-state index >= 15 is 0 Å². The molecule has 0 aliphatic heterocycles. The highest BCUT2D eigenvalue weighted by Crippen LogP contribution is 2.67. The molecule has 3 heteroatoms. The maximum atomic E-state index is 12.3. The first-order valence-electron chi connectivity index (χ1n) is 10.2. The van der Waals surface area contributed by atoms with Gasteiger partial charge in [0.1, 0.15) is 0 Å². The number of methoxy groups -OCH3 is 1. The topological polar surface area (TPSA) is 46.5 Å². The average molecular weight is 335 g/mol. The van der Waals surface area contributed by atoms with Crippen molar-refractivity contribution >= 4 is 5.97 Å². The third kappa shape index (κ3) is 2.22. The van der Waals surface area contributed by atoms with Crippen molar-refractivity contribution in [2.24, 2.45) is 40.4 Å². The monoisotopic (exact) mass is 334 g/mol. The van der Waals surface area contributed by atoms with Gasteiger partial charge in [-0.05, 0) is 92.3 Å². The number of hydrogen-bond acceptors (Lipinski definition) is 3. The van der Waals surface area contributed by atoms with Crippen LogP contribution in [-0.4, -0.2) is 24.3 Å².